The van der Waals surface area contributed by atoms with Crippen molar-refractivity contribution in [3.05, 3.63) is 137 Å². The topological polar surface area (TPSA) is 84.0 Å². The van der Waals surface area contributed by atoms with Crippen LogP contribution in [-0.2, 0) is 13.1 Å². The predicted octanol–water partition coefficient (Wildman–Crippen LogP) is 6.88. The molecule has 238 valence electrons. The van der Waals surface area contributed by atoms with Gasteiger partial charge < -0.3 is 24.6 Å². The van der Waals surface area contributed by atoms with Crippen molar-refractivity contribution in [1.29, 1.82) is 0 Å². The van der Waals surface area contributed by atoms with Crippen LogP contribution in [0.1, 0.15) is 51.6 Å². The molecule has 0 saturated carbocycles. The van der Waals surface area contributed by atoms with E-state index in [-0.39, 0.29) is 24.8 Å². The van der Waals surface area contributed by atoms with E-state index in [1.807, 2.05) is 73.8 Å². The Morgan fingerprint density at radius 3 is 2.21 bits per heavy atom. The highest BCUT2D eigenvalue weighted by atomic mass is 19.1. The van der Waals surface area contributed by atoms with Crippen molar-refractivity contribution in [2.75, 3.05) is 20.1 Å². The fourth-order valence-corrected chi connectivity index (χ4v) is 6.47. The molecule has 0 aliphatic carbocycles. The first-order chi connectivity index (χ1) is 23.0. The largest absolute Gasteiger partial charge is 0.478 e. The fourth-order valence-electron chi connectivity index (χ4n) is 6.47. The molecule has 1 saturated heterocycles. The molecule has 4 aromatic carbocycles. The van der Waals surface area contributed by atoms with Gasteiger partial charge in [-0.25, -0.2) is 9.18 Å². The molecule has 0 bridgehead atoms. The maximum atomic E-state index is 14.4. The number of ether oxygens (including phenoxy) is 2. The summed E-state index contributed by atoms with van der Waals surface area (Å²) in [5.74, 6) is 0.00848. The Morgan fingerprint density at radius 2 is 1.57 bits per heavy atom. The van der Waals surface area contributed by atoms with E-state index >= 15 is 0 Å². The number of fused-ring (bicyclic) bond motifs is 2. The zero-order chi connectivity index (χ0) is 32.3. The molecule has 0 unspecified atom stereocenters. The molecule has 1 fully saturated rings. The van der Waals surface area contributed by atoms with Gasteiger partial charge in [-0.15, -0.1) is 0 Å². The molecule has 0 atom stereocenters. The van der Waals surface area contributed by atoms with Crippen LogP contribution >= 0.6 is 0 Å². The first-order valence-electron chi connectivity index (χ1n) is 15.9. The number of nitrogens with zero attached hydrogens (tertiary/aromatic N) is 3. The molecular formula is C38H35FN4O4. The standard InChI is InChI=1S/C38H35FN4O4/c1-40-29-18-21-42(22-19-29)38(45)47-35-30-13-8-20-41-33(30)36(46-34(26-9-4-2-5-10-26)27-11-6-3-7-12-27)32-31(35)24-43(37(32)44)23-25-14-16-28(39)17-15-25/h2-17,20,29,34,40H,18-19,21-24H2,1H3. The average molecular weight is 631 g/mol. The van der Waals surface area contributed by atoms with Crippen molar-refractivity contribution in [3.63, 3.8) is 0 Å². The lowest BCUT2D eigenvalue weighted by atomic mass is 9.99. The van der Waals surface area contributed by atoms with Crippen LogP contribution in [0.25, 0.3) is 10.9 Å². The minimum atomic E-state index is -0.549. The van der Waals surface area contributed by atoms with Gasteiger partial charge in [0.05, 0.1) is 12.1 Å². The van der Waals surface area contributed by atoms with E-state index in [1.165, 1.54) is 12.1 Å². The number of rotatable bonds is 8. The highest BCUT2D eigenvalue weighted by Gasteiger charge is 2.38. The Kier molecular flexibility index (Phi) is 8.54. The summed E-state index contributed by atoms with van der Waals surface area (Å²) >= 11 is 0. The number of pyridine rings is 1. The van der Waals surface area contributed by atoms with Crippen LogP contribution < -0.4 is 14.8 Å². The number of hydrogen-bond donors (Lipinski definition) is 1. The van der Waals surface area contributed by atoms with Crippen LogP contribution in [0.5, 0.6) is 11.5 Å². The minimum Gasteiger partial charge on any atom is -0.478 e. The summed E-state index contributed by atoms with van der Waals surface area (Å²) in [5, 5.41) is 3.86. The molecule has 0 spiro atoms. The Hall–Kier alpha value is -5.28. The quantitative estimate of drug-likeness (QED) is 0.201. The normalized spacial score (nSPS) is 14.9. The summed E-state index contributed by atoms with van der Waals surface area (Å²) < 4.78 is 26.8. The van der Waals surface area contributed by atoms with Crippen LogP contribution in [0.15, 0.2) is 103 Å². The Bertz CT molecular complexity index is 1860. The van der Waals surface area contributed by atoms with Crippen LogP contribution in [-0.4, -0.2) is 53.0 Å². The number of amides is 2. The first-order valence-corrected chi connectivity index (χ1v) is 15.9. The van der Waals surface area contributed by atoms with Crippen molar-refractivity contribution in [1.82, 2.24) is 20.1 Å². The molecule has 47 heavy (non-hydrogen) atoms. The molecule has 2 aliphatic rings. The second-order valence-corrected chi connectivity index (χ2v) is 11.9. The van der Waals surface area contributed by atoms with Gasteiger partial charge in [-0.2, -0.15) is 0 Å². The van der Waals surface area contributed by atoms with E-state index in [4.69, 9.17) is 14.5 Å². The van der Waals surface area contributed by atoms with Crippen molar-refractivity contribution >= 4 is 22.9 Å². The molecule has 1 N–H and O–H groups in total. The zero-order valence-corrected chi connectivity index (χ0v) is 26.1. The Balaban J connectivity index is 1.34. The second kappa shape index (κ2) is 13.2. The van der Waals surface area contributed by atoms with Crippen molar-refractivity contribution in [3.8, 4) is 11.5 Å². The average Bonchev–Trinajstić information content (AvgIpc) is 3.44. The van der Waals surface area contributed by atoms with Crippen molar-refractivity contribution < 1.29 is 23.5 Å². The third kappa shape index (κ3) is 6.14. The summed E-state index contributed by atoms with van der Waals surface area (Å²) in [6, 6.07) is 29.7. The van der Waals surface area contributed by atoms with E-state index in [1.54, 1.807) is 34.2 Å². The maximum absolute atomic E-state index is 14.4. The highest BCUT2D eigenvalue weighted by Crippen LogP contribution is 2.46. The van der Waals surface area contributed by atoms with Gasteiger partial charge in [0, 0.05) is 42.8 Å². The molecule has 0 radical (unpaired) electrons. The second-order valence-electron chi connectivity index (χ2n) is 11.9. The van der Waals surface area contributed by atoms with Crippen LogP contribution in [0.4, 0.5) is 9.18 Å². The molecule has 8 nitrogen and oxygen atoms in total. The summed E-state index contributed by atoms with van der Waals surface area (Å²) in [4.78, 5) is 36.1. The fraction of sp³-hybridized carbons (Fsp3) is 0.237. The number of carbonyl (C=O) groups is 2. The number of halogens is 1. The van der Waals surface area contributed by atoms with Crippen LogP contribution in [0, 0.1) is 5.82 Å². The number of hydrogen-bond acceptors (Lipinski definition) is 6. The summed E-state index contributed by atoms with van der Waals surface area (Å²) in [7, 11) is 1.93. The molecule has 7 rings (SSSR count). The number of benzene rings is 4. The molecule has 9 heteroatoms. The highest BCUT2D eigenvalue weighted by molar-refractivity contribution is 6.09. The third-order valence-corrected chi connectivity index (χ3v) is 9.00. The van der Waals surface area contributed by atoms with Crippen molar-refractivity contribution in [2.45, 2.75) is 38.1 Å². The molecule has 2 aliphatic heterocycles. The van der Waals surface area contributed by atoms with Crippen LogP contribution in [0.3, 0.4) is 0 Å². The maximum Gasteiger partial charge on any atom is 0.415 e. The number of nitrogens with one attached hydrogen (secondary N) is 1. The van der Waals surface area contributed by atoms with Gasteiger partial charge in [0.2, 0.25) is 0 Å². The predicted molar refractivity (Wildman–Crippen MR) is 177 cm³/mol. The van der Waals surface area contributed by atoms with E-state index in [2.05, 4.69) is 5.32 Å². The summed E-state index contributed by atoms with van der Waals surface area (Å²) in [5.41, 5.74) is 3.89. The Labute approximate surface area is 272 Å². The minimum absolute atomic E-state index is 0.179. The lowest BCUT2D eigenvalue weighted by Gasteiger charge is -2.31. The number of carbonyl (C=O) groups excluding carboxylic acids is 2. The third-order valence-electron chi connectivity index (χ3n) is 9.00. The first kappa shape index (κ1) is 30.4. The summed E-state index contributed by atoms with van der Waals surface area (Å²) in [6.45, 7) is 1.55. The smallest absolute Gasteiger partial charge is 0.415 e. The van der Waals surface area contributed by atoms with E-state index < -0.39 is 12.2 Å². The number of piperidine rings is 1. The van der Waals surface area contributed by atoms with E-state index in [9.17, 15) is 14.0 Å². The Morgan fingerprint density at radius 1 is 0.915 bits per heavy atom. The van der Waals surface area contributed by atoms with Gasteiger partial charge in [0.25, 0.3) is 5.91 Å². The van der Waals surface area contributed by atoms with Gasteiger partial charge in [0.1, 0.15) is 23.2 Å². The number of aromatic nitrogens is 1. The SMILES string of the molecule is CNC1CCN(C(=O)Oc2c3c(c(OC(c4ccccc4)c4ccccc4)c4ncccc24)C(=O)N(Cc2ccc(F)cc2)C3)CC1. The lowest BCUT2D eigenvalue weighted by molar-refractivity contribution is 0.0762. The van der Waals surface area contributed by atoms with Gasteiger partial charge in [0.15, 0.2) is 5.75 Å². The van der Waals surface area contributed by atoms with Gasteiger partial charge in [-0.1, -0.05) is 72.8 Å². The van der Waals surface area contributed by atoms with Crippen molar-refractivity contribution in [2.24, 2.45) is 0 Å². The monoisotopic (exact) mass is 630 g/mol. The van der Waals surface area contributed by atoms with Gasteiger partial charge in [-0.05, 0) is 60.8 Å². The van der Waals surface area contributed by atoms with E-state index in [0.717, 1.165) is 29.5 Å². The summed E-state index contributed by atoms with van der Waals surface area (Å²) in [6.07, 6.45) is 2.28. The lowest BCUT2D eigenvalue weighted by Crippen LogP contribution is -2.45. The number of likely N-dealkylation sites (tertiary alicyclic amines) is 1. The van der Waals surface area contributed by atoms with Gasteiger partial charge in [-0.3, -0.25) is 9.78 Å². The molecule has 5 aromatic rings. The molecule has 3 heterocycles. The zero-order valence-electron chi connectivity index (χ0n) is 26.1. The molecule has 1 aromatic heterocycles. The molecular weight excluding hydrogens is 595 g/mol. The van der Waals surface area contributed by atoms with E-state index in [0.29, 0.717) is 52.7 Å². The van der Waals surface area contributed by atoms with Gasteiger partial charge >= 0.3 is 6.09 Å². The molecule has 2 amide bonds. The van der Waals surface area contributed by atoms with Crippen LogP contribution in [0.2, 0.25) is 0 Å².